The van der Waals surface area contributed by atoms with E-state index in [9.17, 15) is 18.0 Å². The molecule has 3 rings (SSSR count). The first-order valence-electron chi connectivity index (χ1n) is 8.96. The number of carbonyl (C=O) groups excluding carboxylic acids is 2. The maximum absolute atomic E-state index is 13.0. The third kappa shape index (κ3) is 4.37. The van der Waals surface area contributed by atoms with E-state index in [0.29, 0.717) is 16.9 Å². The third-order valence-corrected chi connectivity index (χ3v) is 6.63. The van der Waals surface area contributed by atoms with Gasteiger partial charge in [-0.3, -0.25) is 13.9 Å². The molecule has 0 fully saturated rings. The zero-order valence-electron chi connectivity index (χ0n) is 16.3. The number of benzene rings is 3. The van der Waals surface area contributed by atoms with Crippen LogP contribution in [-0.2, 0) is 10.0 Å². The van der Waals surface area contributed by atoms with Crippen LogP contribution in [0.25, 0.3) is 0 Å². The van der Waals surface area contributed by atoms with E-state index in [0.717, 1.165) is 4.31 Å². The van der Waals surface area contributed by atoms with Gasteiger partial charge in [0.1, 0.15) is 0 Å². The summed E-state index contributed by atoms with van der Waals surface area (Å²) in [6.07, 6.45) is 0. The largest absolute Gasteiger partial charge is 0.321 e. The molecule has 0 aliphatic heterocycles. The average molecular weight is 443 g/mol. The number of hydrogen-bond acceptors (Lipinski definition) is 4. The minimum Gasteiger partial charge on any atom is -0.321 e. The van der Waals surface area contributed by atoms with Crippen LogP contribution in [-0.4, -0.2) is 27.2 Å². The molecular formula is C22H19ClN2O4S. The standard InChI is InChI=1S/C22H19ClN2O4S/c1-15(26)18-10-6-7-11-21(18)24-22(27)19-14-17(12-13-20(19)23)30(28,29)25(2)16-8-4-3-5-9-16/h3-14H,1-2H3,(H,24,27). The Labute approximate surface area is 180 Å². The molecule has 0 saturated heterocycles. The number of ketones is 1. The monoisotopic (exact) mass is 442 g/mol. The lowest BCUT2D eigenvalue weighted by atomic mass is 10.1. The summed E-state index contributed by atoms with van der Waals surface area (Å²) in [5.74, 6) is -0.828. The minimum absolute atomic E-state index is 0.0161. The second-order valence-electron chi connectivity index (χ2n) is 6.51. The van der Waals surface area contributed by atoms with Crippen LogP contribution in [0.3, 0.4) is 0 Å². The molecule has 1 N–H and O–H groups in total. The van der Waals surface area contributed by atoms with Gasteiger partial charge >= 0.3 is 0 Å². The Balaban J connectivity index is 1.96. The van der Waals surface area contributed by atoms with Crippen molar-refractivity contribution in [2.45, 2.75) is 11.8 Å². The van der Waals surface area contributed by atoms with Gasteiger partial charge in [0.15, 0.2) is 5.78 Å². The van der Waals surface area contributed by atoms with E-state index in [4.69, 9.17) is 11.6 Å². The fourth-order valence-electron chi connectivity index (χ4n) is 2.86. The van der Waals surface area contributed by atoms with Gasteiger partial charge in [-0.25, -0.2) is 8.42 Å². The molecule has 0 aliphatic rings. The number of amides is 1. The summed E-state index contributed by atoms with van der Waals surface area (Å²) in [6.45, 7) is 1.39. The summed E-state index contributed by atoms with van der Waals surface area (Å²) >= 11 is 6.17. The molecule has 30 heavy (non-hydrogen) atoms. The molecule has 0 radical (unpaired) electrons. The Kier molecular flexibility index (Phi) is 6.24. The first-order chi connectivity index (χ1) is 14.2. The van der Waals surface area contributed by atoms with Crippen molar-refractivity contribution in [3.8, 4) is 0 Å². The second kappa shape index (κ2) is 8.69. The second-order valence-corrected chi connectivity index (χ2v) is 8.88. The highest BCUT2D eigenvalue weighted by Gasteiger charge is 2.24. The van der Waals surface area contributed by atoms with Gasteiger partial charge in [0.25, 0.3) is 15.9 Å². The molecule has 0 heterocycles. The molecule has 3 aromatic rings. The molecule has 0 aromatic heterocycles. The minimum atomic E-state index is -3.92. The van der Waals surface area contributed by atoms with Crippen LogP contribution in [0.2, 0.25) is 5.02 Å². The maximum Gasteiger partial charge on any atom is 0.264 e. The summed E-state index contributed by atoms with van der Waals surface area (Å²) in [4.78, 5) is 24.5. The summed E-state index contributed by atoms with van der Waals surface area (Å²) < 4.78 is 27.2. The highest BCUT2D eigenvalue weighted by Crippen LogP contribution is 2.27. The van der Waals surface area contributed by atoms with Gasteiger partial charge in [0, 0.05) is 12.6 Å². The number of halogens is 1. The molecule has 0 aliphatic carbocycles. The molecule has 0 saturated carbocycles. The Morgan fingerprint density at radius 3 is 2.20 bits per heavy atom. The van der Waals surface area contributed by atoms with Crippen LogP contribution in [0, 0.1) is 0 Å². The lowest BCUT2D eigenvalue weighted by Crippen LogP contribution is -2.27. The van der Waals surface area contributed by atoms with Crippen LogP contribution >= 0.6 is 11.6 Å². The van der Waals surface area contributed by atoms with Crippen LogP contribution < -0.4 is 9.62 Å². The Hall–Kier alpha value is -3.16. The van der Waals surface area contributed by atoms with E-state index >= 15 is 0 Å². The highest BCUT2D eigenvalue weighted by atomic mass is 35.5. The van der Waals surface area contributed by atoms with Gasteiger partial charge in [-0.15, -0.1) is 0 Å². The van der Waals surface area contributed by atoms with Crippen molar-refractivity contribution < 1.29 is 18.0 Å². The van der Waals surface area contributed by atoms with Crippen molar-refractivity contribution in [3.05, 3.63) is 88.9 Å². The predicted molar refractivity (Wildman–Crippen MR) is 118 cm³/mol. The molecule has 0 bridgehead atoms. The van der Waals surface area contributed by atoms with E-state index < -0.39 is 15.9 Å². The molecule has 8 heteroatoms. The van der Waals surface area contributed by atoms with Crippen molar-refractivity contribution in [1.29, 1.82) is 0 Å². The lowest BCUT2D eigenvalue weighted by Gasteiger charge is -2.20. The molecular weight excluding hydrogens is 424 g/mol. The Morgan fingerprint density at radius 2 is 1.53 bits per heavy atom. The number of nitrogens with one attached hydrogen (secondary N) is 1. The maximum atomic E-state index is 13.0. The van der Waals surface area contributed by atoms with Gasteiger partial charge in [-0.05, 0) is 49.4 Å². The summed E-state index contributed by atoms with van der Waals surface area (Å²) in [5, 5.41) is 2.73. The summed E-state index contributed by atoms with van der Waals surface area (Å²) in [7, 11) is -2.49. The molecule has 0 spiro atoms. The number of Topliss-reactive ketones (excluding diaryl/α,β-unsaturated/α-hetero) is 1. The first kappa shape index (κ1) is 21.5. The number of nitrogens with zero attached hydrogens (tertiary/aromatic N) is 1. The molecule has 0 atom stereocenters. The highest BCUT2D eigenvalue weighted by molar-refractivity contribution is 7.92. The number of hydrogen-bond donors (Lipinski definition) is 1. The fourth-order valence-corrected chi connectivity index (χ4v) is 4.29. The first-order valence-corrected chi connectivity index (χ1v) is 10.8. The number of para-hydroxylation sites is 2. The normalized spacial score (nSPS) is 11.0. The van der Waals surface area contributed by atoms with E-state index in [1.54, 1.807) is 54.6 Å². The van der Waals surface area contributed by atoms with Gasteiger partial charge in [0.05, 0.1) is 26.9 Å². The number of carbonyl (C=O) groups is 2. The van der Waals surface area contributed by atoms with Gasteiger partial charge in [-0.2, -0.15) is 0 Å². The molecule has 154 valence electrons. The SMILES string of the molecule is CC(=O)c1ccccc1NC(=O)c1cc(S(=O)(=O)N(C)c2ccccc2)ccc1Cl. The third-order valence-electron chi connectivity index (χ3n) is 4.52. The number of sulfonamides is 1. The molecule has 6 nitrogen and oxygen atoms in total. The van der Waals surface area contributed by atoms with Crippen LogP contribution in [0.4, 0.5) is 11.4 Å². The summed E-state index contributed by atoms with van der Waals surface area (Å²) in [5.41, 5.74) is 1.13. The fraction of sp³-hybridized carbons (Fsp3) is 0.0909. The van der Waals surface area contributed by atoms with Crippen LogP contribution in [0.15, 0.2) is 77.7 Å². The quantitative estimate of drug-likeness (QED) is 0.564. The predicted octanol–water partition coefficient (Wildman–Crippen LogP) is 4.62. The van der Waals surface area contributed by atoms with Crippen molar-refractivity contribution >= 4 is 44.7 Å². The van der Waals surface area contributed by atoms with E-state index in [2.05, 4.69) is 5.32 Å². The van der Waals surface area contributed by atoms with Crippen molar-refractivity contribution in [1.82, 2.24) is 0 Å². The van der Waals surface area contributed by atoms with E-state index in [1.807, 2.05) is 0 Å². The lowest BCUT2D eigenvalue weighted by molar-refractivity contribution is 0.101. The van der Waals surface area contributed by atoms with Crippen molar-refractivity contribution in [2.24, 2.45) is 0 Å². The van der Waals surface area contributed by atoms with Gasteiger partial charge in [0.2, 0.25) is 0 Å². The smallest absolute Gasteiger partial charge is 0.264 e. The van der Waals surface area contributed by atoms with Crippen LogP contribution in [0.1, 0.15) is 27.6 Å². The van der Waals surface area contributed by atoms with Gasteiger partial charge in [-0.1, -0.05) is 41.9 Å². The zero-order valence-corrected chi connectivity index (χ0v) is 17.9. The average Bonchev–Trinajstić information content (AvgIpc) is 2.74. The van der Waals surface area contributed by atoms with Crippen LogP contribution in [0.5, 0.6) is 0 Å². The van der Waals surface area contributed by atoms with Gasteiger partial charge < -0.3 is 5.32 Å². The zero-order chi connectivity index (χ0) is 21.9. The summed E-state index contributed by atoms with van der Waals surface area (Å²) in [6, 6.07) is 19.1. The molecule has 0 unspecified atom stereocenters. The number of anilines is 2. The molecule has 3 aromatic carbocycles. The Morgan fingerprint density at radius 1 is 0.900 bits per heavy atom. The topological polar surface area (TPSA) is 83.5 Å². The van der Waals surface area contributed by atoms with Crippen molar-refractivity contribution in [2.75, 3.05) is 16.7 Å². The van der Waals surface area contributed by atoms with E-state index in [1.165, 1.54) is 32.2 Å². The van der Waals surface area contributed by atoms with Crippen molar-refractivity contribution in [3.63, 3.8) is 0 Å². The van der Waals surface area contributed by atoms with E-state index in [-0.39, 0.29) is 21.3 Å². The Bertz CT molecular complexity index is 1210. The number of rotatable bonds is 6. The molecule has 1 amide bonds.